The lowest BCUT2D eigenvalue weighted by molar-refractivity contribution is -0.384. The van der Waals surface area contributed by atoms with Crippen molar-refractivity contribution in [2.24, 2.45) is 0 Å². The molecule has 0 atom stereocenters. The molecule has 1 amide bonds. The Labute approximate surface area is 151 Å². The van der Waals surface area contributed by atoms with Gasteiger partial charge in [0, 0.05) is 51.3 Å². The number of amides is 1. The van der Waals surface area contributed by atoms with E-state index < -0.39 is 14.8 Å². The van der Waals surface area contributed by atoms with Crippen LogP contribution in [0.4, 0.5) is 11.4 Å². The molecule has 142 valence electrons. The van der Waals surface area contributed by atoms with Crippen LogP contribution in [0.5, 0.6) is 0 Å². The average molecular weight is 383 g/mol. The minimum absolute atomic E-state index is 0.0430. The summed E-state index contributed by atoms with van der Waals surface area (Å²) < 4.78 is 23.2. The second-order valence-electron chi connectivity index (χ2n) is 6.25. The summed E-state index contributed by atoms with van der Waals surface area (Å²) >= 11 is 0. The number of hydrogen-bond donors (Lipinski definition) is 0. The number of ketones is 1. The molecule has 1 aromatic rings. The van der Waals surface area contributed by atoms with E-state index >= 15 is 0 Å². The van der Waals surface area contributed by atoms with Crippen LogP contribution in [0.15, 0.2) is 23.1 Å². The highest BCUT2D eigenvalue weighted by Gasteiger charge is 2.27. The molecule has 1 saturated heterocycles. The lowest BCUT2D eigenvalue weighted by atomic mass is 10.2. The maximum Gasteiger partial charge on any atom is 0.293 e. The van der Waals surface area contributed by atoms with E-state index in [0.717, 1.165) is 12.3 Å². The van der Waals surface area contributed by atoms with Crippen molar-refractivity contribution in [3.63, 3.8) is 0 Å². The molecule has 0 aromatic heterocycles. The normalized spacial score (nSPS) is 15.0. The molecule has 10 heteroatoms. The van der Waals surface area contributed by atoms with Crippen LogP contribution in [-0.4, -0.2) is 62.4 Å². The quantitative estimate of drug-likeness (QED) is 0.531. The number of carbonyl (C=O) groups is 2. The van der Waals surface area contributed by atoms with Gasteiger partial charge in [0.25, 0.3) is 5.69 Å². The first-order valence-electron chi connectivity index (χ1n) is 8.10. The molecule has 0 aliphatic carbocycles. The van der Waals surface area contributed by atoms with Gasteiger partial charge in [-0.15, -0.1) is 0 Å². The van der Waals surface area contributed by atoms with E-state index in [9.17, 15) is 28.1 Å². The van der Waals surface area contributed by atoms with Crippen molar-refractivity contribution < 1.29 is 22.9 Å². The van der Waals surface area contributed by atoms with E-state index in [1.165, 1.54) is 19.1 Å². The van der Waals surface area contributed by atoms with Gasteiger partial charge in [-0.3, -0.25) is 14.9 Å². The zero-order valence-corrected chi connectivity index (χ0v) is 15.5. The van der Waals surface area contributed by atoms with Crippen LogP contribution in [0.1, 0.15) is 19.8 Å². The van der Waals surface area contributed by atoms with Crippen LogP contribution in [-0.2, 0) is 19.4 Å². The summed E-state index contributed by atoms with van der Waals surface area (Å²) in [4.78, 5) is 37.1. The van der Waals surface area contributed by atoms with Gasteiger partial charge in [-0.25, -0.2) is 8.42 Å². The van der Waals surface area contributed by atoms with E-state index in [-0.39, 0.29) is 35.1 Å². The molecule has 1 aliphatic heterocycles. The van der Waals surface area contributed by atoms with Crippen LogP contribution in [0, 0.1) is 10.1 Å². The summed E-state index contributed by atoms with van der Waals surface area (Å²) in [5.41, 5.74) is 0.0579. The molecule has 0 unspecified atom stereocenters. The van der Waals surface area contributed by atoms with Gasteiger partial charge in [-0.05, 0) is 19.1 Å². The first-order valence-corrected chi connectivity index (χ1v) is 9.99. The molecule has 0 N–H and O–H groups in total. The number of benzene rings is 1. The van der Waals surface area contributed by atoms with Gasteiger partial charge in [0.1, 0.15) is 11.5 Å². The Morgan fingerprint density at radius 2 is 1.77 bits per heavy atom. The summed E-state index contributed by atoms with van der Waals surface area (Å²) in [6, 6.07) is 3.85. The van der Waals surface area contributed by atoms with Crippen molar-refractivity contribution >= 4 is 32.9 Å². The highest BCUT2D eigenvalue weighted by molar-refractivity contribution is 7.90. The standard InChI is InChI=1S/C16H21N3O6S/c1-12(20)3-6-16(21)18-9-7-17(8-10-18)14-5-4-13(26(2,24)25)11-15(14)19(22)23/h4-5,11H,3,6-10H2,1-2H3. The molecule has 0 radical (unpaired) electrons. The molecule has 2 rings (SSSR count). The number of nitrogens with zero attached hydrogens (tertiary/aromatic N) is 3. The Bertz CT molecular complexity index is 828. The van der Waals surface area contributed by atoms with Crippen molar-refractivity contribution in [3.8, 4) is 0 Å². The molecule has 9 nitrogen and oxygen atoms in total. The number of rotatable bonds is 6. The van der Waals surface area contributed by atoms with Crippen molar-refractivity contribution in [1.82, 2.24) is 4.90 Å². The summed E-state index contributed by atoms with van der Waals surface area (Å²) in [6.07, 6.45) is 1.37. The predicted molar refractivity (Wildman–Crippen MR) is 94.9 cm³/mol. The SMILES string of the molecule is CC(=O)CCC(=O)N1CCN(c2ccc(S(C)(=O)=O)cc2[N+](=O)[O-])CC1. The van der Waals surface area contributed by atoms with Gasteiger partial charge in [0.2, 0.25) is 5.91 Å². The van der Waals surface area contributed by atoms with Crippen molar-refractivity contribution in [2.75, 3.05) is 37.3 Å². The van der Waals surface area contributed by atoms with Gasteiger partial charge in [-0.1, -0.05) is 0 Å². The average Bonchev–Trinajstić information content (AvgIpc) is 2.58. The number of hydrogen-bond acceptors (Lipinski definition) is 7. The minimum atomic E-state index is -3.54. The lowest BCUT2D eigenvalue weighted by Gasteiger charge is -2.35. The maximum absolute atomic E-state index is 12.1. The molecule has 1 aromatic carbocycles. The summed E-state index contributed by atoms with van der Waals surface area (Å²) in [5.74, 6) is -0.152. The molecular weight excluding hydrogens is 362 g/mol. The smallest absolute Gasteiger partial charge is 0.293 e. The maximum atomic E-state index is 12.1. The van der Waals surface area contributed by atoms with Gasteiger partial charge in [-0.2, -0.15) is 0 Å². The molecule has 0 bridgehead atoms. The van der Waals surface area contributed by atoms with Gasteiger partial charge >= 0.3 is 0 Å². The Morgan fingerprint density at radius 3 is 2.27 bits per heavy atom. The van der Waals surface area contributed by atoms with E-state index in [1.54, 1.807) is 9.80 Å². The zero-order valence-electron chi connectivity index (χ0n) is 14.7. The number of nitro benzene ring substituents is 1. The highest BCUT2D eigenvalue weighted by Crippen LogP contribution is 2.31. The van der Waals surface area contributed by atoms with E-state index in [1.807, 2.05) is 0 Å². The number of sulfone groups is 1. The van der Waals surface area contributed by atoms with Crippen LogP contribution in [0.25, 0.3) is 0 Å². The third-order valence-corrected chi connectivity index (χ3v) is 5.35. The van der Waals surface area contributed by atoms with Gasteiger partial charge in [0.15, 0.2) is 9.84 Å². The van der Waals surface area contributed by atoms with E-state index in [2.05, 4.69) is 0 Å². The van der Waals surface area contributed by atoms with Crippen molar-refractivity contribution in [1.29, 1.82) is 0 Å². The zero-order chi connectivity index (χ0) is 19.5. The molecule has 1 aliphatic rings. The van der Waals surface area contributed by atoms with Gasteiger partial charge < -0.3 is 14.6 Å². The molecule has 0 saturated carbocycles. The lowest BCUT2D eigenvalue weighted by Crippen LogP contribution is -2.49. The van der Waals surface area contributed by atoms with E-state index in [4.69, 9.17) is 0 Å². The highest BCUT2D eigenvalue weighted by atomic mass is 32.2. The summed E-state index contributed by atoms with van der Waals surface area (Å²) in [7, 11) is -3.54. The summed E-state index contributed by atoms with van der Waals surface area (Å²) in [6.45, 7) is 3.00. The number of carbonyl (C=O) groups excluding carboxylic acids is 2. The molecular formula is C16H21N3O6S. The Morgan fingerprint density at radius 1 is 1.15 bits per heavy atom. The predicted octanol–water partition coefficient (Wildman–Crippen LogP) is 1.02. The van der Waals surface area contributed by atoms with Crippen LogP contribution < -0.4 is 4.90 Å². The van der Waals surface area contributed by atoms with Crippen LogP contribution in [0.2, 0.25) is 0 Å². The Hall–Kier alpha value is -2.49. The number of piperazine rings is 1. The first kappa shape index (κ1) is 19.8. The van der Waals surface area contributed by atoms with Crippen LogP contribution in [0.3, 0.4) is 0 Å². The fourth-order valence-electron chi connectivity index (χ4n) is 2.79. The fourth-order valence-corrected chi connectivity index (χ4v) is 3.43. The Kier molecular flexibility index (Phi) is 5.96. The number of Topliss-reactive ketones (excluding diaryl/α,β-unsaturated/α-hetero) is 1. The second-order valence-corrected chi connectivity index (χ2v) is 8.27. The largest absolute Gasteiger partial charge is 0.362 e. The first-order chi connectivity index (χ1) is 12.1. The molecule has 26 heavy (non-hydrogen) atoms. The van der Waals surface area contributed by atoms with E-state index in [0.29, 0.717) is 31.9 Å². The monoisotopic (exact) mass is 383 g/mol. The minimum Gasteiger partial charge on any atom is -0.362 e. The van der Waals surface area contributed by atoms with Crippen LogP contribution >= 0.6 is 0 Å². The molecule has 1 fully saturated rings. The number of nitro groups is 1. The third-order valence-electron chi connectivity index (χ3n) is 4.24. The third kappa shape index (κ3) is 4.78. The topological polar surface area (TPSA) is 118 Å². The summed E-state index contributed by atoms with van der Waals surface area (Å²) in [5, 5.41) is 11.4. The van der Waals surface area contributed by atoms with Gasteiger partial charge in [0.05, 0.1) is 9.82 Å². The van der Waals surface area contributed by atoms with Crippen molar-refractivity contribution in [2.45, 2.75) is 24.7 Å². The fraction of sp³-hybridized carbons (Fsp3) is 0.500. The molecule has 0 spiro atoms. The van der Waals surface area contributed by atoms with Crippen molar-refractivity contribution in [3.05, 3.63) is 28.3 Å². The second kappa shape index (κ2) is 7.81. The molecule has 1 heterocycles. The Balaban J connectivity index is 2.12. The number of anilines is 1.